The van der Waals surface area contributed by atoms with Crippen LogP contribution in [0.1, 0.15) is 5.56 Å². The molecule has 0 bridgehead atoms. The number of hydrogen-bond acceptors (Lipinski definition) is 3. The van der Waals surface area contributed by atoms with E-state index < -0.39 is 0 Å². The topological polar surface area (TPSA) is 38.5 Å². The molecule has 2 aromatic carbocycles. The highest BCUT2D eigenvalue weighted by Gasteiger charge is 2.05. The van der Waals surface area contributed by atoms with Gasteiger partial charge in [0.15, 0.2) is 0 Å². The molecule has 94 valence electrons. The third-order valence-electron chi connectivity index (χ3n) is 3.11. The molecule has 0 heterocycles. The van der Waals surface area contributed by atoms with E-state index in [1.54, 1.807) is 7.11 Å². The van der Waals surface area contributed by atoms with Gasteiger partial charge >= 0.3 is 0 Å². The van der Waals surface area contributed by atoms with Crippen LogP contribution >= 0.6 is 0 Å². The van der Waals surface area contributed by atoms with Crippen LogP contribution in [0, 0.1) is 6.92 Å². The van der Waals surface area contributed by atoms with E-state index in [-0.39, 0.29) is 0 Å². The summed E-state index contributed by atoms with van der Waals surface area (Å²) < 4.78 is 5.15. The van der Waals surface area contributed by atoms with E-state index in [9.17, 15) is 0 Å². The molecule has 0 aliphatic rings. The Morgan fingerprint density at radius 3 is 2.17 bits per heavy atom. The summed E-state index contributed by atoms with van der Waals surface area (Å²) in [5.74, 6) is 0.857. The fraction of sp³-hybridized carbons (Fsp3) is 0.200. The summed E-state index contributed by atoms with van der Waals surface area (Å²) >= 11 is 0. The van der Waals surface area contributed by atoms with Gasteiger partial charge in [-0.3, -0.25) is 0 Å². The average molecular weight is 242 g/mol. The van der Waals surface area contributed by atoms with Gasteiger partial charge in [0.25, 0.3) is 0 Å². The first kappa shape index (κ1) is 12.3. The molecule has 0 spiro atoms. The summed E-state index contributed by atoms with van der Waals surface area (Å²) in [7, 11) is 3.69. The molecular weight excluding hydrogens is 224 g/mol. The summed E-state index contributed by atoms with van der Waals surface area (Å²) in [5.41, 5.74) is 10.0. The molecule has 0 aliphatic carbocycles. The van der Waals surface area contributed by atoms with Crippen LogP contribution in [0.2, 0.25) is 0 Å². The molecule has 0 atom stereocenters. The van der Waals surface area contributed by atoms with Crippen molar-refractivity contribution in [1.29, 1.82) is 0 Å². The average Bonchev–Trinajstić information content (AvgIpc) is 2.41. The number of benzene rings is 2. The number of hydrogen-bond donors (Lipinski definition) is 1. The summed E-state index contributed by atoms with van der Waals surface area (Å²) in [5, 5.41) is 0. The molecule has 0 aliphatic heterocycles. The number of nitrogens with zero attached hydrogens (tertiary/aromatic N) is 1. The van der Waals surface area contributed by atoms with Gasteiger partial charge in [-0.15, -0.1) is 0 Å². The number of rotatable bonds is 3. The van der Waals surface area contributed by atoms with E-state index in [2.05, 4.69) is 11.0 Å². The summed E-state index contributed by atoms with van der Waals surface area (Å²) in [6.07, 6.45) is 0. The molecule has 3 nitrogen and oxygen atoms in total. The Balaban J connectivity index is 2.28. The summed E-state index contributed by atoms with van der Waals surface area (Å²) in [6, 6.07) is 14.0. The van der Waals surface area contributed by atoms with E-state index in [0.717, 1.165) is 28.4 Å². The Labute approximate surface area is 108 Å². The number of nitrogen functional groups attached to an aromatic ring is 1. The minimum Gasteiger partial charge on any atom is -0.497 e. The molecule has 0 amide bonds. The van der Waals surface area contributed by atoms with Crippen LogP contribution in [-0.2, 0) is 0 Å². The summed E-state index contributed by atoms with van der Waals surface area (Å²) in [6.45, 7) is 2.01. The third-order valence-corrected chi connectivity index (χ3v) is 3.11. The minimum atomic E-state index is 0.813. The molecule has 0 radical (unpaired) electrons. The van der Waals surface area contributed by atoms with Crippen molar-refractivity contribution in [3.05, 3.63) is 48.0 Å². The van der Waals surface area contributed by atoms with Crippen molar-refractivity contribution >= 4 is 17.1 Å². The Bertz CT molecular complexity index is 535. The predicted molar refractivity (Wildman–Crippen MR) is 76.6 cm³/mol. The maximum absolute atomic E-state index is 5.94. The van der Waals surface area contributed by atoms with Gasteiger partial charge < -0.3 is 15.4 Å². The number of aryl methyl sites for hydroxylation is 1. The summed E-state index contributed by atoms with van der Waals surface area (Å²) in [4.78, 5) is 2.09. The van der Waals surface area contributed by atoms with Gasteiger partial charge in [0.2, 0.25) is 0 Å². The Kier molecular flexibility index (Phi) is 3.42. The first-order chi connectivity index (χ1) is 8.61. The SMILES string of the molecule is COc1ccc(N(C)c2ccc(C)c(N)c2)cc1. The van der Waals surface area contributed by atoms with Crippen molar-refractivity contribution in [2.45, 2.75) is 6.92 Å². The molecule has 0 saturated heterocycles. The second-order valence-corrected chi connectivity index (χ2v) is 4.30. The van der Waals surface area contributed by atoms with Crippen molar-refractivity contribution in [3.8, 4) is 5.75 Å². The first-order valence-corrected chi connectivity index (χ1v) is 5.85. The smallest absolute Gasteiger partial charge is 0.119 e. The molecule has 2 aromatic rings. The van der Waals surface area contributed by atoms with Crippen LogP contribution < -0.4 is 15.4 Å². The molecule has 3 heteroatoms. The Morgan fingerprint density at radius 2 is 1.61 bits per heavy atom. The standard InChI is InChI=1S/C15H18N2O/c1-11-4-5-13(10-15(11)16)17(2)12-6-8-14(18-3)9-7-12/h4-10H,16H2,1-3H3. The van der Waals surface area contributed by atoms with Crippen molar-refractivity contribution in [2.24, 2.45) is 0 Å². The largest absolute Gasteiger partial charge is 0.497 e. The van der Waals surface area contributed by atoms with Gasteiger partial charge in [-0.25, -0.2) is 0 Å². The van der Waals surface area contributed by atoms with E-state index in [0.29, 0.717) is 0 Å². The number of ether oxygens (including phenoxy) is 1. The van der Waals surface area contributed by atoms with Gasteiger partial charge in [-0.05, 0) is 48.9 Å². The lowest BCUT2D eigenvalue weighted by atomic mass is 10.1. The number of anilines is 3. The zero-order chi connectivity index (χ0) is 13.1. The van der Waals surface area contributed by atoms with E-state index in [1.165, 1.54) is 0 Å². The normalized spacial score (nSPS) is 10.2. The van der Waals surface area contributed by atoms with Crippen molar-refractivity contribution in [2.75, 3.05) is 24.8 Å². The first-order valence-electron chi connectivity index (χ1n) is 5.85. The molecule has 0 saturated carbocycles. The predicted octanol–water partition coefficient (Wildman–Crippen LogP) is 3.35. The molecule has 2 N–H and O–H groups in total. The van der Waals surface area contributed by atoms with Crippen molar-refractivity contribution in [3.63, 3.8) is 0 Å². The number of nitrogens with two attached hydrogens (primary N) is 1. The van der Waals surface area contributed by atoms with Gasteiger partial charge in [-0.2, -0.15) is 0 Å². The lowest BCUT2D eigenvalue weighted by Crippen LogP contribution is -2.09. The maximum Gasteiger partial charge on any atom is 0.119 e. The van der Waals surface area contributed by atoms with E-state index in [1.807, 2.05) is 50.4 Å². The lowest BCUT2D eigenvalue weighted by molar-refractivity contribution is 0.415. The van der Waals surface area contributed by atoms with Crippen LogP contribution in [0.15, 0.2) is 42.5 Å². The van der Waals surface area contributed by atoms with Crippen molar-refractivity contribution < 1.29 is 4.74 Å². The third kappa shape index (κ3) is 2.40. The number of methoxy groups -OCH3 is 1. The highest BCUT2D eigenvalue weighted by atomic mass is 16.5. The second kappa shape index (κ2) is 5.00. The molecule has 0 unspecified atom stereocenters. The van der Waals surface area contributed by atoms with Gasteiger partial charge in [0, 0.05) is 24.1 Å². The zero-order valence-electron chi connectivity index (χ0n) is 11.0. The van der Waals surface area contributed by atoms with Crippen LogP contribution in [0.4, 0.5) is 17.1 Å². The Hall–Kier alpha value is -2.16. The quantitative estimate of drug-likeness (QED) is 0.839. The monoisotopic (exact) mass is 242 g/mol. The molecule has 18 heavy (non-hydrogen) atoms. The highest BCUT2D eigenvalue weighted by molar-refractivity contribution is 5.67. The highest BCUT2D eigenvalue weighted by Crippen LogP contribution is 2.27. The van der Waals surface area contributed by atoms with E-state index in [4.69, 9.17) is 10.5 Å². The minimum absolute atomic E-state index is 0.813. The zero-order valence-corrected chi connectivity index (χ0v) is 11.0. The van der Waals surface area contributed by atoms with Crippen LogP contribution in [0.5, 0.6) is 5.75 Å². The van der Waals surface area contributed by atoms with Crippen LogP contribution in [0.3, 0.4) is 0 Å². The maximum atomic E-state index is 5.94. The van der Waals surface area contributed by atoms with Crippen LogP contribution in [-0.4, -0.2) is 14.2 Å². The molecule has 2 rings (SSSR count). The van der Waals surface area contributed by atoms with Gasteiger partial charge in [0.1, 0.15) is 5.75 Å². The second-order valence-electron chi connectivity index (χ2n) is 4.30. The van der Waals surface area contributed by atoms with E-state index >= 15 is 0 Å². The molecular formula is C15H18N2O. The fourth-order valence-electron chi connectivity index (χ4n) is 1.79. The molecule has 0 aromatic heterocycles. The van der Waals surface area contributed by atoms with Crippen LogP contribution in [0.25, 0.3) is 0 Å². The lowest BCUT2D eigenvalue weighted by Gasteiger charge is -2.20. The molecule has 0 fully saturated rings. The van der Waals surface area contributed by atoms with Crippen molar-refractivity contribution in [1.82, 2.24) is 0 Å². The van der Waals surface area contributed by atoms with Gasteiger partial charge in [0.05, 0.1) is 7.11 Å². The fourth-order valence-corrected chi connectivity index (χ4v) is 1.79. The van der Waals surface area contributed by atoms with Gasteiger partial charge in [-0.1, -0.05) is 6.07 Å². The Morgan fingerprint density at radius 1 is 1.00 bits per heavy atom.